The molecule has 0 radical (unpaired) electrons. The van der Waals surface area contributed by atoms with Gasteiger partial charge in [-0.2, -0.15) is 0 Å². The minimum absolute atomic E-state index is 0.427. The Labute approximate surface area is 169 Å². The first-order valence-electron chi connectivity index (χ1n) is 9.27. The largest absolute Gasteiger partial charge is 0.349 e. The first kappa shape index (κ1) is 18.3. The lowest BCUT2D eigenvalue weighted by Gasteiger charge is -2.33. The number of benzene rings is 2. The predicted molar refractivity (Wildman–Crippen MR) is 117 cm³/mol. The van der Waals surface area contributed by atoms with Gasteiger partial charge in [0.1, 0.15) is 5.82 Å². The molecular weight excluding hydrogens is 376 g/mol. The Morgan fingerprint density at radius 1 is 1.15 bits per heavy atom. The average Bonchev–Trinajstić information content (AvgIpc) is 3.04. The Hall–Kier alpha value is -2.11. The molecule has 0 saturated carbocycles. The maximum Gasteiger partial charge on any atom is 0.173 e. The molecule has 1 aliphatic heterocycles. The normalized spacial score (nSPS) is 15.3. The number of hydrogen-bond donors (Lipinski definition) is 2. The minimum atomic E-state index is 0.427. The summed E-state index contributed by atoms with van der Waals surface area (Å²) in [7, 11) is 0. The van der Waals surface area contributed by atoms with Crippen molar-refractivity contribution in [3.05, 3.63) is 58.4 Å². The maximum absolute atomic E-state index is 6.08. The fraction of sp³-hybridized carbons (Fsp3) is 0.333. The lowest BCUT2D eigenvalue weighted by Crippen LogP contribution is -2.40. The van der Waals surface area contributed by atoms with Crippen LogP contribution in [0.2, 0.25) is 5.02 Å². The SMILES string of the molecule is Cc1cc(C)cc(NC(=S)N2CCC(c3nc4ccc(Cl)cc4[nH]3)CC2)c1. The van der Waals surface area contributed by atoms with E-state index in [0.717, 1.165) is 58.6 Å². The Morgan fingerprint density at radius 2 is 1.85 bits per heavy atom. The molecule has 4 nitrogen and oxygen atoms in total. The fourth-order valence-corrected chi connectivity index (χ4v) is 4.27. The standard InChI is InChI=1S/C21H23ClN4S/c1-13-9-14(2)11-17(10-13)23-21(27)26-7-5-15(6-8-26)20-24-18-4-3-16(22)12-19(18)25-20/h3-4,9-12,15H,5-8H2,1-2H3,(H,23,27)(H,24,25). The van der Waals surface area contributed by atoms with Crippen LogP contribution in [-0.4, -0.2) is 33.1 Å². The maximum atomic E-state index is 6.08. The molecule has 3 aromatic rings. The summed E-state index contributed by atoms with van der Waals surface area (Å²) in [4.78, 5) is 10.4. The van der Waals surface area contributed by atoms with E-state index in [2.05, 4.69) is 47.2 Å². The summed E-state index contributed by atoms with van der Waals surface area (Å²) in [6, 6.07) is 12.2. The zero-order chi connectivity index (χ0) is 19.0. The number of hydrogen-bond acceptors (Lipinski definition) is 2. The number of imidazole rings is 1. The van der Waals surface area contributed by atoms with E-state index in [1.807, 2.05) is 18.2 Å². The van der Waals surface area contributed by atoms with E-state index < -0.39 is 0 Å². The second kappa shape index (κ2) is 7.49. The summed E-state index contributed by atoms with van der Waals surface area (Å²) in [5, 5.41) is 4.93. The van der Waals surface area contributed by atoms with Gasteiger partial charge in [-0.15, -0.1) is 0 Å². The van der Waals surface area contributed by atoms with Crippen LogP contribution in [0.25, 0.3) is 11.0 Å². The molecule has 1 fully saturated rings. The van der Waals surface area contributed by atoms with Crippen LogP contribution in [0, 0.1) is 13.8 Å². The van der Waals surface area contributed by atoms with E-state index in [1.165, 1.54) is 11.1 Å². The second-order valence-corrected chi connectivity index (χ2v) is 8.17. The number of fused-ring (bicyclic) bond motifs is 1. The van der Waals surface area contributed by atoms with Crippen LogP contribution in [0.3, 0.4) is 0 Å². The molecule has 0 spiro atoms. The summed E-state index contributed by atoms with van der Waals surface area (Å²) in [5.41, 5.74) is 5.53. The number of piperidine rings is 1. The van der Waals surface area contributed by atoms with Gasteiger partial charge >= 0.3 is 0 Å². The molecule has 0 unspecified atom stereocenters. The molecule has 0 atom stereocenters. The van der Waals surface area contributed by atoms with Gasteiger partial charge in [-0.25, -0.2) is 4.98 Å². The quantitative estimate of drug-likeness (QED) is 0.566. The number of thiocarbonyl (C=S) groups is 1. The van der Waals surface area contributed by atoms with Gasteiger partial charge in [0.15, 0.2) is 5.11 Å². The zero-order valence-corrected chi connectivity index (χ0v) is 17.1. The molecule has 4 rings (SSSR count). The summed E-state index contributed by atoms with van der Waals surface area (Å²) in [5.74, 6) is 1.48. The lowest BCUT2D eigenvalue weighted by molar-refractivity contribution is 0.311. The summed E-state index contributed by atoms with van der Waals surface area (Å²) in [6.45, 7) is 6.07. The third-order valence-electron chi connectivity index (χ3n) is 5.10. The van der Waals surface area contributed by atoms with Crippen molar-refractivity contribution in [3.8, 4) is 0 Å². The van der Waals surface area contributed by atoms with E-state index in [1.54, 1.807) is 0 Å². The van der Waals surface area contributed by atoms with Crippen LogP contribution >= 0.6 is 23.8 Å². The molecule has 2 heterocycles. The van der Waals surface area contributed by atoms with Crippen molar-refractivity contribution in [2.45, 2.75) is 32.6 Å². The van der Waals surface area contributed by atoms with E-state index in [4.69, 9.17) is 28.8 Å². The molecule has 0 amide bonds. The van der Waals surface area contributed by atoms with Gasteiger partial charge in [-0.05, 0) is 80.4 Å². The van der Waals surface area contributed by atoms with Gasteiger partial charge in [0.2, 0.25) is 0 Å². The third-order valence-corrected chi connectivity index (χ3v) is 5.70. The highest BCUT2D eigenvalue weighted by molar-refractivity contribution is 7.80. The average molecular weight is 399 g/mol. The molecule has 0 bridgehead atoms. The first-order chi connectivity index (χ1) is 13.0. The van der Waals surface area contributed by atoms with Gasteiger partial charge in [0.05, 0.1) is 11.0 Å². The van der Waals surface area contributed by atoms with Crippen LogP contribution < -0.4 is 5.32 Å². The van der Waals surface area contributed by atoms with Crippen molar-refractivity contribution in [1.29, 1.82) is 0 Å². The van der Waals surface area contributed by atoms with Crippen molar-refractivity contribution in [2.24, 2.45) is 0 Å². The first-order valence-corrected chi connectivity index (χ1v) is 10.1. The van der Waals surface area contributed by atoms with E-state index >= 15 is 0 Å². The van der Waals surface area contributed by atoms with Crippen molar-refractivity contribution in [3.63, 3.8) is 0 Å². The highest BCUT2D eigenvalue weighted by atomic mass is 35.5. The van der Waals surface area contributed by atoms with Crippen molar-refractivity contribution < 1.29 is 0 Å². The van der Waals surface area contributed by atoms with Gasteiger partial charge < -0.3 is 15.2 Å². The molecule has 2 aromatic carbocycles. The number of aromatic nitrogens is 2. The fourth-order valence-electron chi connectivity index (χ4n) is 3.80. The molecule has 1 aromatic heterocycles. The number of halogens is 1. The summed E-state index contributed by atoms with van der Waals surface area (Å²) >= 11 is 11.7. The molecule has 1 aliphatic rings. The highest BCUT2D eigenvalue weighted by Crippen LogP contribution is 2.29. The van der Waals surface area contributed by atoms with E-state index in [9.17, 15) is 0 Å². The summed E-state index contributed by atoms with van der Waals surface area (Å²) < 4.78 is 0. The summed E-state index contributed by atoms with van der Waals surface area (Å²) in [6.07, 6.45) is 2.06. The Balaban J connectivity index is 1.39. The van der Waals surface area contributed by atoms with Gasteiger partial charge in [-0.3, -0.25) is 0 Å². The number of anilines is 1. The predicted octanol–water partition coefficient (Wildman–Crippen LogP) is 5.41. The van der Waals surface area contributed by atoms with E-state index in [-0.39, 0.29) is 0 Å². The monoisotopic (exact) mass is 398 g/mol. The second-order valence-electron chi connectivity index (χ2n) is 7.35. The van der Waals surface area contributed by atoms with Crippen LogP contribution in [0.4, 0.5) is 5.69 Å². The van der Waals surface area contributed by atoms with Gasteiger partial charge in [-0.1, -0.05) is 17.7 Å². The van der Waals surface area contributed by atoms with Gasteiger partial charge in [0.25, 0.3) is 0 Å². The van der Waals surface area contributed by atoms with Gasteiger partial charge in [0, 0.05) is 29.7 Å². The molecule has 140 valence electrons. The minimum Gasteiger partial charge on any atom is -0.349 e. The number of nitrogens with one attached hydrogen (secondary N) is 2. The topological polar surface area (TPSA) is 44.0 Å². The molecule has 2 N–H and O–H groups in total. The van der Waals surface area contributed by atoms with Crippen molar-refractivity contribution in [2.75, 3.05) is 18.4 Å². The Morgan fingerprint density at radius 3 is 2.56 bits per heavy atom. The smallest absolute Gasteiger partial charge is 0.173 e. The Kier molecular flexibility index (Phi) is 5.06. The molecule has 6 heteroatoms. The molecular formula is C21H23ClN4S. The van der Waals surface area contributed by atoms with E-state index in [0.29, 0.717) is 5.92 Å². The number of H-pyrrole nitrogens is 1. The third kappa shape index (κ3) is 4.09. The van der Waals surface area contributed by atoms with Crippen molar-refractivity contribution >= 4 is 45.7 Å². The van der Waals surface area contributed by atoms with Crippen LogP contribution in [0.1, 0.15) is 35.7 Å². The number of aryl methyl sites for hydroxylation is 2. The van der Waals surface area contributed by atoms with Crippen LogP contribution in [-0.2, 0) is 0 Å². The Bertz CT molecular complexity index is 969. The number of aromatic amines is 1. The zero-order valence-electron chi connectivity index (χ0n) is 15.6. The van der Waals surface area contributed by atoms with Crippen molar-refractivity contribution in [1.82, 2.24) is 14.9 Å². The van der Waals surface area contributed by atoms with Crippen LogP contribution in [0.15, 0.2) is 36.4 Å². The number of rotatable bonds is 2. The number of likely N-dealkylation sites (tertiary alicyclic amines) is 1. The number of nitrogens with zero attached hydrogens (tertiary/aromatic N) is 2. The molecule has 0 aliphatic carbocycles. The van der Waals surface area contributed by atoms with Crippen LogP contribution in [0.5, 0.6) is 0 Å². The lowest BCUT2D eigenvalue weighted by atomic mass is 9.96. The highest BCUT2D eigenvalue weighted by Gasteiger charge is 2.24. The molecule has 27 heavy (non-hydrogen) atoms. The molecule has 1 saturated heterocycles.